The molecular formula is C9H9N3O2S. The molecule has 0 aliphatic heterocycles. The van der Waals surface area contributed by atoms with Gasteiger partial charge in [-0.25, -0.2) is 9.97 Å². The highest BCUT2D eigenvalue weighted by Crippen LogP contribution is 2.15. The summed E-state index contributed by atoms with van der Waals surface area (Å²) >= 11 is 1.37. The van der Waals surface area contributed by atoms with E-state index in [9.17, 15) is 4.79 Å². The second kappa shape index (κ2) is 3.82. The number of anilines is 1. The van der Waals surface area contributed by atoms with E-state index in [2.05, 4.69) is 15.3 Å². The van der Waals surface area contributed by atoms with Crippen molar-refractivity contribution in [2.75, 3.05) is 5.32 Å². The van der Waals surface area contributed by atoms with Crippen LogP contribution in [0.5, 0.6) is 0 Å². The minimum atomic E-state index is -0.377. The van der Waals surface area contributed by atoms with Crippen LogP contribution in [0.2, 0.25) is 0 Å². The minimum Gasteiger partial charge on any atom is -0.438 e. The summed E-state index contributed by atoms with van der Waals surface area (Å²) in [7, 11) is 0. The van der Waals surface area contributed by atoms with Crippen LogP contribution in [0, 0.1) is 13.8 Å². The Morgan fingerprint density at radius 3 is 2.87 bits per heavy atom. The van der Waals surface area contributed by atoms with Gasteiger partial charge < -0.3 is 4.42 Å². The molecule has 0 radical (unpaired) electrons. The number of nitrogens with one attached hydrogen (secondary N) is 1. The molecule has 0 spiro atoms. The minimum absolute atomic E-state index is 0.0559. The lowest BCUT2D eigenvalue weighted by atomic mass is 10.6. The van der Waals surface area contributed by atoms with Crippen molar-refractivity contribution in [1.82, 2.24) is 9.97 Å². The maximum absolute atomic E-state index is 11.5. The number of hydrogen-bond donors (Lipinski definition) is 1. The van der Waals surface area contributed by atoms with Gasteiger partial charge >= 0.3 is 5.91 Å². The summed E-state index contributed by atoms with van der Waals surface area (Å²) in [5.41, 5.74) is 0.874. The molecule has 0 atom stereocenters. The lowest BCUT2D eigenvalue weighted by Crippen LogP contribution is -2.11. The summed E-state index contributed by atoms with van der Waals surface area (Å²) in [6.07, 6.45) is 1.50. The molecule has 0 saturated carbocycles. The third kappa shape index (κ3) is 2.21. The summed E-state index contributed by atoms with van der Waals surface area (Å²) in [6.45, 7) is 3.60. The summed E-state index contributed by atoms with van der Waals surface area (Å²) in [5, 5.41) is 5.01. The molecule has 1 N–H and O–H groups in total. The molecule has 0 fully saturated rings. The van der Waals surface area contributed by atoms with Gasteiger partial charge in [-0.3, -0.25) is 10.1 Å². The van der Waals surface area contributed by atoms with Crippen LogP contribution in [-0.2, 0) is 0 Å². The van der Waals surface area contributed by atoms with Crippen molar-refractivity contribution >= 4 is 22.4 Å². The molecule has 2 rings (SSSR count). The SMILES string of the molecule is Cc1csc(NC(=O)c2ncc(C)o2)n1. The zero-order valence-corrected chi connectivity index (χ0v) is 9.09. The van der Waals surface area contributed by atoms with Crippen molar-refractivity contribution in [2.24, 2.45) is 0 Å². The normalized spacial score (nSPS) is 10.3. The third-order valence-electron chi connectivity index (χ3n) is 1.65. The van der Waals surface area contributed by atoms with E-state index in [1.54, 1.807) is 6.92 Å². The van der Waals surface area contributed by atoms with Crippen LogP contribution < -0.4 is 5.32 Å². The molecule has 2 aromatic heterocycles. The molecule has 6 heteroatoms. The number of oxazole rings is 1. The van der Waals surface area contributed by atoms with Gasteiger partial charge in [0.1, 0.15) is 5.76 Å². The highest BCUT2D eigenvalue weighted by molar-refractivity contribution is 7.13. The number of aromatic nitrogens is 2. The van der Waals surface area contributed by atoms with Gasteiger partial charge in [-0.05, 0) is 13.8 Å². The van der Waals surface area contributed by atoms with Gasteiger partial charge in [0.2, 0.25) is 0 Å². The van der Waals surface area contributed by atoms with Crippen LogP contribution >= 0.6 is 11.3 Å². The van der Waals surface area contributed by atoms with Crippen LogP contribution in [-0.4, -0.2) is 15.9 Å². The molecule has 1 amide bonds. The fraction of sp³-hybridized carbons (Fsp3) is 0.222. The van der Waals surface area contributed by atoms with Gasteiger partial charge in [0, 0.05) is 5.38 Å². The van der Waals surface area contributed by atoms with Gasteiger partial charge in [-0.2, -0.15) is 0 Å². The van der Waals surface area contributed by atoms with Crippen LogP contribution in [0.1, 0.15) is 22.1 Å². The van der Waals surface area contributed by atoms with E-state index < -0.39 is 0 Å². The van der Waals surface area contributed by atoms with Crippen molar-refractivity contribution in [1.29, 1.82) is 0 Å². The average Bonchev–Trinajstić information content (AvgIpc) is 2.75. The van der Waals surface area contributed by atoms with Crippen LogP contribution in [0.15, 0.2) is 16.0 Å². The summed E-state index contributed by atoms with van der Waals surface area (Å²) in [5.74, 6) is 0.285. The molecule has 5 nitrogen and oxygen atoms in total. The molecule has 78 valence electrons. The molecule has 15 heavy (non-hydrogen) atoms. The van der Waals surface area contributed by atoms with Crippen molar-refractivity contribution in [3.05, 3.63) is 28.9 Å². The van der Waals surface area contributed by atoms with Crippen LogP contribution in [0.4, 0.5) is 5.13 Å². The van der Waals surface area contributed by atoms with E-state index >= 15 is 0 Å². The Balaban J connectivity index is 2.10. The highest BCUT2D eigenvalue weighted by atomic mass is 32.1. The number of carbonyl (C=O) groups excluding carboxylic acids is 1. The fourth-order valence-electron chi connectivity index (χ4n) is 1.02. The van der Waals surface area contributed by atoms with E-state index in [0.29, 0.717) is 10.9 Å². The third-order valence-corrected chi connectivity index (χ3v) is 2.53. The number of carbonyl (C=O) groups is 1. The number of hydrogen-bond acceptors (Lipinski definition) is 5. The van der Waals surface area contributed by atoms with E-state index in [1.807, 2.05) is 12.3 Å². The lowest BCUT2D eigenvalue weighted by molar-refractivity contribution is 0.0989. The average molecular weight is 223 g/mol. The van der Waals surface area contributed by atoms with Crippen LogP contribution in [0.3, 0.4) is 0 Å². The Bertz CT molecular complexity index is 489. The first-order chi connectivity index (χ1) is 7.15. The molecule has 0 saturated heterocycles. The molecular weight excluding hydrogens is 214 g/mol. The number of amides is 1. The topological polar surface area (TPSA) is 68.0 Å². The maximum Gasteiger partial charge on any atom is 0.313 e. The Kier molecular flexibility index (Phi) is 2.51. The second-order valence-electron chi connectivity index (χ2n) is 3.02. The van der Waals surface area contributed by atoms with Gasteiger partial charge in [0.15, 0.2) is 5.13 Å². The lowest BCUT2D eigenvalue weighted by Gasteiger charge is -1.95. The monoisotopic (exact) mass is 223 g/mol. The van der Waals surface area contributed by atoms with Gasteiger partial charge in [0.25, 0.3) is 5.89 Å². The Morgan fingerprint density at radius 2 is 2.33 bits per heavy atom. The summed E-state index contributed by atoms with van der Waals surface area (Å²) < 4.78 is 5.08. The Hall–Kier alpha value is -1.69. The highest BCUT2D eigenvalue weighted by Gasteiger charge is 2.13. The van der Waals surface area contributed by atoms with Crippen molar-refractivity contribution < 1.29 is 9.21 Å². The van der Waals surface area contributed by atoms with E-state index in [-0.39, 0.29) is 11.8 Å². The van der Waals surface area contributed by atoms with Crippen molar-refractivity contribution in [2.45, 2.75) is 13.8 Å². The number of thiazole rings is 1. The first kappa shape index (κ1) is 9.85. The molecule has 0 bridgehead atoms. The second-order valence-corrected chi connectivity index (χ2v) is 3.88. The van der Waals surface area contributed by atoms with Crippen molar-refractivity contribution in [3.63, 3.8) is 0 Å². The Labute approximate surface area is 90.2 Å². The van der Waals surface area contributed by atoms with E-state index in [4.69, 9.17) is 4.42 Å². The van der Waals surface area contributed by atoms with E-state index in [0.717, 1.165) is 5.69 Å². The molecule has 0 aliphatic carbocycles. The predicted molar refractivity (Wildman–Crippen MR) is 56.0 cm³/mol. The largest absolute Gasteiger partial charge is 0.438 e. The smallest absolute Gasteiger partial charge is 0.313 e. The molecule has 0 aromatic carbocycles. The van der Waals surface area contributed by atoms with Gasteiger partial charge in [-0.15, -0.1) is 11.3 Å². The first-order valence-electron chi connectivity index (χ1n) is 4.31. The molecule has 2 aromatic rings. The van der Waals surface area contributed by atoms with Gasteiger partial charge in [-0.1, -0.05) is 0 Å². The van der Waals surface area contributed by atoms with Crippen molar-refractivity contribution in [3.8, 4) is 0 Å². The molecule has 2 heterocycles. The zero-order chi connectivity index (χ0) is 10.8. The van der Waals surface area contributed by atoms with Gasteiger partial charge in [0.05, 0.1) is 11.9 Å². The quantitative estimate of drug-likeness (QED) is 0.845. The fourth-order valence-corrected chi connectivity index (χ4v) is 1.70. The predicted octanol–water partition coefficient (Wildman–Crippen LogP) is 2.00. The summed E-state index contributed by atoms with van der Waals surface area (Å²) in [6, 6.07) is 0. The molecule has 0 unspecified atom stereocenters. The van der Waals surface area contributed by atoms with Crippen LogP contribution in [0.25, 0.3) is 0 Å². The van der Waals surface area contributed by atoms with E-state index in [1.165, 1.54) is 17.5 Å². The zero-order valence-electron chi connectivity index (χ0n) is 8.27. The number of aryl methyl sites for hydroxylation is 2. The first-order valence-corrected chi connectivity index (χ1v) is 5.19. The number of rotatable bonds is 2. The molecule has 0 aliphatic rings. The Morgan fingerprint density at radius 1 is 1.53 bits per heavy atom. The number of nitrogens with zero attached hydrogens (tertiary/aromatic N) is 2. The maximum atomic E-state index is 11.5. The standard InChI is InChI=1S/C9H9N3O2S/c1-5-4-15-9(11-5)12-7(13)8-10-3-6(2)14-8/h3-4H,1-2H3,(H,11,12,13). The summed E-state index contributed by atoms with van der Waals surface area (Å²) in [4.78, 5) is 19.5.